The summed E-state index contributed by atoms with van der Waals surface area (Å²) in [5.74, 6) is 0.814. The molecule has 4 heteroatoms. The van der Waals surface area contributed by atoms with Crippen LogP contribution in [0.2, 0.25) is 5.15 Å². The maximum Gasteiger partial charge on any atom is 0.152 e. The van der Waals surface area contributed by atoms with Crippen molar-refractivity contribution in [3.8, 4) is 0 Å². The zero-order valence-electron chi connectivity index (χ0n) is 5.93. The molecule has 0 spiro atoms. The van der Waals surface area contributed by atoms with Crippen molar-refractivity contribution in [1.82, 2.24) is 9.55 Å². The lowest BCUT2D eigenvalue weighted by atomic mass is 10.5. The molecule has 0 aliphatic heterocycles. The molecular formula is C6H9ClN2O. The molecule has 0 fully saturated rings. The summed E-state index contributed by atoms with van der Waals surface area (Å²) in [5, 5.41) is 9.16. The minimum atomic E-state index is -0.0594. The van der Waals surface area contributed by atoms with E-state index in [1.54, 1.807) is 4.57 Å². The van der Waals surface area contributed by atoms with E-state index in [0.29, 0.717) is 10.8 Å². The average Bonchev–Trinajstić information content (AvgIpc) is 2.09. The molecule has 0 radical (unpaired) electrons. The van der Waals surface area contributed by atoms with Crippen LogP contribution in [0.5, 0.6) is 0 Å². The van der Waals surface area contributed by atoms with E-state index in [4.69, 9.17) is 16.7 Å². The highest BCUT2D eigenvalue weighted by molar-refractivity contribution is 6.30. The molecule has 0 saturated heterocycles. The van der Waals surface area contributed by atoms with Crippen LogP contribution in [0.4, 0.5) is 0 Å². The number of nitrogens with zero attached hydrogens (tertiary/aromatic N) is 2. The van der Waals surface area contributed by atoms with Crippen molar-refractivity contribution >= 4 is 11.6 Å². The maximum atomic E-state index is 8.77. The van der Waals surface area contributed by atoms with Gasteiger partial charge in [0.05, 0.1) is 12.3 Å². The van der Waals surface area contributed by atoms with E-state index in [9.17, 15) is 0 Å². The second-order valence-electron chi connectivity index (χ2n) is 2.11. The lowest BCUT2D eigenvalue weighted by Gasteiger charge is -1.97. The van der Waals surface area contributed by atoms with Crippen LogP contribution >= 0.6 is 11.6 Å². The van der Waals surface area contributed by atoms with Crippen molar-refractivity contribution < 1.29 is 5.11 Å². The van der Waals surface area contributed by atoms with Gasteiger partial charge in [0.2, 0.25) is 0 Å². The molecule has 0 saturated carbocycles. The van der Waals surface area contributed by atoms with Crippen LogP contribution in [-0.2, 0) is 13.7 Å². The molecule has 3 nitrogen and oxygen atoms in total. The predicted molar refractivity (Wildman–Crippen MR) is 38.9 cm³/mol. The average molecular weight is 161 g/mol. The topological polar surface area (TPSA) is 38.1 Å². The fraction of sp³-hybridized carbons (Fsp3) is 0.500. The van der Waals surface area contributed by atoms with Crippen LogP contribution in [0.3, 0.4) is 0 Å². The minimum Gasteiger partial charge on any atom is -0.390 e. The Hall–Kier alpha value is -0.540. The van der Waals surface area contributed by atoms with Gasteiger partial charge in [0.25, 0.3) is 0 Å². The molecule has 0 bridgehead atoms. The van der Waals surface area contributed by atoms with Crippen molar-refractivity contribution in [2.75, 3.05) is 0 Å². The lowest BCUT2D eigenvalue weighted by molar-refractivity contribution is 0.272. The molecule has 0 amide bonds. The monoisotopic (exact) mass is 160 g/mol. The Kier molecular flexibility index (Phi) is 1.97. The summed E-state index contributed by atoms with van der Waals surface area (Å²) in [4.78, 5) is 3.95. The molecule has 10 heavy (non-hydrogen) atoms. The third-order valence-electron chi connectivity index (χ3n) is 1.54. The van der Waals surface area contributed by atoms with Gasteiger partial charge in [0.15, 0.2) is 5.15 Å². The Morgan fingerprint density at radius 3 is 2.50 bits per heavy atom. The molecular weight excluding hydrogens is 152 g/mol. The summed E-state index contributed by atoms with van der Waals surface area (Å²) < 4.78 is 1.77. The second kappa shape index (κ2) is 2.60. The molecule has 0 atom stereocenters. The standard InChI is InChI=1S/C6H9ClN2O/c1-4-8-6(7)5(3-10)9(4)2/h10H,3H2,1-2H3. The van der Waals surface area contributed by atoms with Crippen molar-refractivity contribution in [1.29, 1.82) is 0 Å². The van der Waals surface area contributed by atoms with E-state index in [1.807, 2.05) is 14.0 Å². The van der Waals surface area contributed by atoms with Crippen LogP contribution < -0.4 is 0 Å². The number of hydrogen-bond acceptors (Lipinski definition) is 2. The Labute approximate surface area is 64.3 Å². The first-order valence-corrected chi connectivity index (χ1v) is 3.33. The first-order chi connectivity index (χ1) is 4.66. The number of aromatic nitrogens is 2. The zero-order valence-corrected chi connectivity index (χ0v) is 6.68. The summed E-state index contributed by atoms with van der Waals surface area (Å²) in [5.41, 5.74) is 0.666. The molecule has 1 aromatic rings. The van der Waals surface area contributed by atoms with Crippen molar-refractivity contribution in [3.63, 3.8) is 0 Å². The second-order valence-corrected chi connectivity index (χ2v) is 2.47. The fourth-order valence-electron chi connectivity index (χ4n) is 0.787. The summed E-state index contributed by atoms with van der Waals surface area (Å²) in [6.45, 7) is 1.78. The fourth-order valence-corrected chi connectivity index (χ4v) is 1.10. The van der Waals surface area contributed by atoms with Gasteiger partial charge >= 0.3 is 0 Å². The summed E-state index contributed by atoms with van der Waals surface area (Å²) in [6.07, 6.45) is 0. The highest BCUT2D eigenvalue weighted by Gasteiger charge is 2.07. The molecule has 0 aromatic carbocycles. The molecule has 56 valence electrons. The van der Waals surface area contributed by atoms with E-state index < -0.39 is 0 Å². The van der Waals surface area contributed by atoms with Gasteiger partial charge in [-0.2, -0.15) is 0 Å². The van der Waals surface area contributed by atoms with E-state index >= 15 is 0 Å². The van der Waals surface area contributed by atoms with Gasteiger partial charge in [-0.3, -0.25) is 0 Å². The molecule has 0 unspecified atom stereocenters. The van der Waals surface area contributed by atoms with Crippen LogP contribution in [-0.4, -0.2) is 14.7 Å². The normalized spacial score (nSPS) is 10.4. The predicted octanol–water partition coefficient (Wildman–Crippen LogP) is 0.874. The van der Waals surface area contributed by atoms with E-state index in [-0.39, 0.29) is 6.61 Å². The molecule has 1 N–H and O–H groups in total. The van der Waals surface area contributed by atoms with Gasteiger partial charge in [-0.25, -0.2) is 4.98 Å². The third kappa shape index (κ3) is 1.02. The summed E-state index contributed by atoms with van der Waals surface area (Å²) in [7, 11) is 1.82. The molecule has 0 aliphatic rings. The minimum absolute atomic E-state index is 0.0594. The van der Waals surface area contributed by atoms with Crippen LogP contribution in [0, 0.1) is 6.92 Å². The smallest absolute Gasteiger partial charge is 0.152 e. The van der Waals surface area contributed by atoms with Gasteiger partial charge in [-0.1, -0.05) is 11.6 Å². The number of aliphatic hydroxyl groups is 1. The van der Waals surface area contributed by atoms with Gasteiger partial charge in [-0.15, -0.1) is 0 Å². The number of halogens is 1. The summed E-state index contributed by atoms with van der Waals surface area (Å²) in [6, 6.07) is 0. The number of imidazole rings is 1. The SMILES string of the molecule is Cc1nc(Cl)c(CO)n1C. The van der Waals surface area contributed by atoms with Crippen LogP contribution in [0.25, 0.3) is 0 Å². The summed E-state index contributed by atoms with van der Waals surface area (Å²) >= 11 is 5.66. The van der Waals surface area contributed by atoms with Gasteiger partial charge in [0.1, 0.15) is 5.82 Å². The molecule has 0 aliphatic carbocycles. The van der Waals surface area contributed by atoms with E-state index in [2.05, 4.69) is 4.98 Å². The van der Waals surface area contributed by atoms with Gasteiger partial charge in [-0.05, 0) is 6.92 Å². The van der Waals surface area contributed by atoms with Crippen LogP contribution in [0.15, 0.2) is 0 Å². The number of rotatable bonds is 1. The van der Waals surface area contributed by atoms with E-state index in [0.717, 1.165) is 5.82 Å². The van der Waals surface area contributed by atoms with Crippen molar-refractivity contribution in [3.05, 3.63) is 16.7 Å². The Bertz CT molecular complexity index is 244. The molecule has 1 heterocycles. The Balaban J connectivity index is 3.20. The number of hydrogen-bond donors (Lipinski definition) is 1. The largest absolute Gasteiger partial charge is 0.390 e. The zero-order chi connectivity index (χ0) is 7.72. The first kappa shape index (κ1) is 7.57. The molecule has 1 aromatic heterocycles. The third-order valence-corrected chi connectivity index (χ3v) is 1.84. The molecule has 1 rings (SSSR count). The van der Waals surface area contributed by atoms with Crippen molar-refractivity contribution in [2.24, 2.45) is 7.05 Å². The number of aliphatic hydroxyl groups excluding tert-OH is 1. The Morgan fingerprint density at radius 1 is 1.70 bits per heavy atom. The van der Waals surface area contributed by atoms with Gasteiger partial charge in [0, 0.05) is 7.05 Å². The quantitative estimate of drug-likeness (QED) is 0.662. The maximum absolute atomic E-state index is 8.77. The first-order valence-electron chi connectivity index (χ1n) is 2.95. The van der Waals surface area contributed by atoms with E-state index in [1.165, 1.54) is 0 Å². The number of aryl methyl sites for hydroxylation is 1. The lowest BCUT2D eigenvalue weighted by Crippen LogP contribution is -1.97. The highest BCUT2D eigenvalue weighted by Crippen LogP contribution is 2.14. The van der Waals surface area contributed by atoms with Crippen molar-refractivity contribution in [2.45, 2.75) is 13.5 Å². The highest BCUT2D eigenvalue weighted by atomic mass is 35.5. The van der Waals surface area contributed by atoms with Gasteiger partial charge < -0.3 is 9.67 Å². The van der Waals surface area contributed by atoms with Crippen LogP contribution in [0.1, 0.15) is 11.5 Å². The Morgan fingerprint density at radius 2 is 2.30 bits per heavy atom.